The number of nitrogens with zero attached hydrogens (tertiary/aromatic N) is 2. The zero-order valence-electron chi connectivity index (χ0n) is 11.9. The Bertz CT molecular complexity index is 642. The van der Waals surface area contributed by atoms with Gasteiger partial charge in [-0.1, -0.05) is 12.1 Å². The van der Waals surface area contributed by atoms with Crippen LogP contribution in [0.3, 0.4) is 0 Å². The first-order chi connectivity index (χ1) is 8.95. The Morgan fingerprint density at radius 1 is 1.16 bits per heavy atom. The molecular weight excluding hydrogens is 240 g/mol. The number of aromatic nitrogens is 2. The quantitative estimate of drug-likeness (QED) is 0.794. The second-order valence-corrected chi connectivity index (χ2v) is 4.80. The van der Waals surface area contributed by atoms with Crippen molar-refractivity contribution in [2.24, 2.45) is 7.05 Å². The topological polar surface area (TPSA) is 44.1 Å². The number of rotatable bonds is 3. The second kappa shape index (κ2) is 4.88. The molecule has 2 aromatic rings. The third-order valence-corrected chi connectivity index (χ3v) is 3.40. The van der Waals surface area contributed by atoms with E-state index in [1.807, 2.05) is 26.8 Å². The fraction of sp³-hybridized carbons (Fsp3) is 0.333. The van der Waals surface area contributed by atoms with E-state index in [2.05, 4.69) is 11.2 Å². The van der Waals surface area contributed by atoms with Crippen LogP contribution in [-0.4, -0.2) is 16.1 Å². The molecule has 4 nitrogen and oxygen atoms in total. The minimum atomic E-state index is 0.490. The van der Waals surface area contributed by atoms with Gasteiger partial charge in [-0.15, -0.1) is 0 Å². The summed E-state index contributed by atoms with van der Waals surface area (Å²) in [7, 11) is 1.77. The number of ether oxygens (including phenoxy) is 1. The van der Waals surface area contributed by atoms with Crippen molar-refractivity contribution in [3.8, 4) is 11.6 Å². The fourth-order valence-electron chi connectivity index (χ4n) is 2.09. The fourth-order valence-corrected chi connectivity index (χ4v) is 2.09. The Kier molecular flexibility index (Phi) is 3.42. The molecule has 100 valence electrons. The predicted molar refractivity (Wildman–Crippen MR) is 74.1 cm³/mol. The number of aldehydes is 1. The molecule has 0 fully saturated rings. The van der Waals surface area contributed by atoms with E-state index >= 15 is 0 Å². The molecule has 0 saturated carbocycles. The van der Waals surface area contributed by atoms with E-state index < -0.39 is 0 Å². The van der Waals surface area contributed by atoms with E-state index in [4.69, 9.17) is 4.74 Å². The van der Waals surface area contributed by atoms with E-state index in [1.54, 1.807) is 18.7 Å². The third kappa shape index (κ3) is 2.26. The average molecular weight is 258 g/mol. The van der Waals surface area contributed by atoms with Gasteiger partial charge in [0.05, 0.1) is 11.3 Å². The van der Waals surface area contributed by atoms with Gasteiger partial charge in [0.1, 0.15) is 5.75 Å². The van der Waals surface area contributed by atoms with Gasteiger partial charge in [0.15, 0.2) is 6.29 Å². The second-order valence-electron chi connectivity index (χ2n) is 4.80. The van der Waals surface area contributed by atoms with Crippen molar-refractivity contribution in [1.29, 1.82) is 0 Å². The van der Waals surface area contributed by atoms with Gasteiger partial charge in [-0.05, 0) is 44.4 Å². The SMILES string of the molecule is Cc1ccc(C)c(Oc2c(C=O)c(C)nn2C)c1C. The summed E-state index contributed by atoms with van der Waals surface area (Å²) in [5.74, 6) is 1.29. The summed E-state index contributed by atoms with van der Waals surface area (Å²) in [5, 5.41) is 4.22. The number of carbonyl (C=O) groups is 1. The van der Waals surface area contributed by atoms with Crippen LogP contribution in [-0.2, 0) is 7.05 Å². The number of aryl methyl sites for hydroxylation is 4. The van der Waals surface area contributed by atoms with Crippen molar-refractivity contribution in [1.82, 2.24) is 9.78 Å². The standard InChI is InChI=1S/C15H18N2O2/c1-9-6-7-10(2)14(11(9)3)19-15-13(8-18)12(4)16-17(15)5/h6-8H,1-5H3. The lowest BCUT2D eigenvalue weighted by atomic mass is 10.1. The molecule has 0 saturated heterocycles. The van der Waals surface area contributed by atoms with E-state index in [0.29, 0.717) is 17.1 Å². The minimum absolute atomic E-state index is 0.490. The molecule has 4 heteroatoms. The number of carbonyl (C=O) groups excluding carboxylic acids is 1. The van der Waals surface area contributed by atoms with Crippen molar-refractivity contribution in [3.05, 3.63) is 40.1 Å². The van der Waals surface area contributed by atoms with E-state index in [-0.39, 0.29) is 0 Å². The molecule has 0 unspecified atom stereocenters. The number of benzene rings is 1. The summed E-state index contributed by atoms with van der Waals surface area (Å²) in [5.41, 5.74) is 4.46. The monoisotopic (exact) mass is 258 g/mol. The molecule has 19 heavy (non-hydrogen) atoms. The smallest absolute Gasteiger partial charge is 0.228 e. The molecule has 0 bridgehead atoms. The lowest BCUT2D eigenvalue weighted by molar-refractivity contribution is 0.112. The molecule has 0 N–H and O–H groups in total. The Morgan fingerprint density at radius 3 is 2.42 bits per heavy atom. The molecule has 2 rings (SSSR count). The predicted octanol–water partition coefficient (Wildman–Crippen LogP) is 3.26. The summed E-state index contributed by atoms with van der Waals surface area (Å²) < 4.78 is 7.56. The Hall–Kier alpha value is -2.10. The van der Waals surface area contributed by atoms with Crippen LogP contribution in [0.4, 0.5) is 0 Å². The summed E-state index contributed by atoms with van der Waals surface area (Å²) in [4.78, 5) is 11.2. The molecule has 0 radical (unpaired) electrons. The minimum Gasteiger partial charge on any atom is -0.438 e. The number of hydrogen-bond donors (Lipinski definition) is 0. The van der Waals surface area contributed by atoms with Crippen LogP contribution in [0.1, 0.15) is 32.7 Å². The van der Waals surface area contributed by atoms with Crippen LogP contribution in [0.2, 0.25) is 0 Å². The van der Waals surface area contributed by atoms with Gasteiger partial charge in [0, 0.05) is 7.05 Å². The maximum atomic E-state index is 11.2. The maximum Gasteiger partial charge on any atom is 0.228 e. The van der Waals surface area contributed by atoms with E-state index in [1.165, 1.54) is 0 Å². The molecule has 0 aliphatic carbocycles. The van der Waals surface area contributed by atoms with Crippen LogP contribution in [0, 0.1) is 27.7 Å². The molecule has 1 heterocycles. The average Bonchev–Trinajstić information content (AvgIpc) is 2.64. The van der Waals surface area contributed by atoms with Gasteiger partial charge in [-0.2, -0.15) is 5.10 Å². The van der Waals surface area contributed by atoms with Gasteiger partial charge in [0.2, 0.25) is 5.88 Å². The van der Waals surface area contributed by atoms with Crippen LogP contribution >= 0.6 is 0 Å². The molecule has 1 aromatic heterocycles. The highest BCUT2D eigenvalue weighted by atomic mass is 16.5. The largest absolute Gasteiger partial charge is 0.438 e. The van der Waals surface area contributed by atoms with Crippen molar-refractivity contribution in [2.45, 2.75) is 27.7 Å². The highest BCUT2D eigenvalue weighted by Crippen LogP contribution is 2.32. The van der Waals surface area contributed by atoms with Gasteiger partial charge in [-0.3, -0.25) is 4.79 Å². The molecular formula is C15H18N2O2. The van der Waals surface area contributed by atoms with Crippen LogP contribution in [0.25, 0.3) is 0 Å². The molecule has 0 spiro atoms. The summed E-state index contributed by atoms with van der Waals surface area (Å²) in [6.45, 7) is 7.84. The van der Waals surface area contributed by atoms with Crippen LogP contribution in [0.15, 0.2) is 12.1 Å². The molecule has 0 aliphatic rings. The molecule has 1 aromatic carbocycles. The van der Waals surface area contributed by atoms with Crippen LogP contribution in [0.5, 0.6) is 11.6 Å². The number of hydrogen-bond acceptors (Lipinski definition) is 3. The Labute approximate surface area is 113 Å². The lowest BCUT2D eigenvalue weighted by Gasteiger charge is -2.13. The summed E-state index contributed by atoms with van der Waals surface area (Å²) in [6.07, 6.45) is 0.790. The van der Waals surface area contributed by atoms with Crippen molar-refractivity contribution < 1.29 is 9.53 Å². The summed E-state index contributed by atoms with van der Waals surface area (Å²) in [6, 6.07) is 4.08. The normalized spacial score (nSPS) is 10.6. The Balaban J connectivity index is 2.53. The third-order valence-electron chi connectivity index (χ3n) is 3.40. The highest BCUT2D eigenvalue weighted by Gasteiger charge is 2.17. The molecule has 0 amide bonds. The van der Waals surface area contributed by atoms with Crippen molar-refractivity contribution in [2.75, 3.05) is 0 Å². The first kappa shape index (κ1) is 13.3. The van der Waals surface area contributed by atoms with Crippen molar-refractivity contribution >= 4 is 6.29 Å². The van der Waals surface area contributed by atoms with Crippen LogP contribution < -0.4 is 4.74 Å². The van der Waals surface area contributed by atoms with Gasteiger partial charge in [-0.25, -0.2) is 4.68 Å². The zero-order valence-corrected chi connectivity index (χ0v) is 11.9. The van der Waals surface area contributed by atoms with Gasteiger partial charge in [0.25, 0.3) is 0 Å². The van der Waals surface area contributed by atoms with E-state index in [9.17, 15) is 4.79 Å². The summed E-state index contributed by atoms with van der Waals surface area (Å²) >= 11 is 0. The zero-order chi connectivity index (χ0) is 14.2. The molecule has 0 aliphatic heterocycles. The lowest BCUT2D eigenvalue weighted by Crippen LogP contribution is -2.00. The van der Waals surface area contributed by atoms with Gasteiger partial charge < -0.3 is 4.74 Å². The maximum absolute atomic E-state index is 11.2. The van der Waals surface area contributed by atoms with Gasteiger partial charge >= 0.3 is 0 Å². The van der Waals surface area contributed by atoms with E-state index in [0.717, 1.165) is 28.7 Å². The van der Waals surface area contributed by atoms with Crippen molar-refractivity contribution in [3.63, 3.8) is 0 Å². The Morgan fingerprint density at radius 2 is 1.79 bits per heavy atom. The highest BCUT2D eigenvalue weighted by molar-refractivity contribution is 5.80. The molecule has 0 atom stereocenters. The first-order valence-corrected chi connectivity index (χ1v) is 6.19. The first-order valence-electron chi connectivity index (χ1n) is 6.19.